The molecule has 2 nitrogen and oxygen atoms in total. The second kappa shape index (κ2) is 4.61. The predicted molar refractivity (Wildman–Crippen MR) is 51.9 cm³/mol. The minimum atomic E-state index is -0.325. The first-order valence-electron chi connectivity index (χ1n) is 4.63. The van der Waals surface area contributed by atoms with Gasteiger partial charge >= 0.3 is 0 Å². The molecule has 72 valence electrons. The number of hydrogen-bond donors (Lipinski definition) is 1. The number of nitrogens with two attached hydrogens (primary N) is 1. The lowest BCUT2D eigenvalue weighted by molar-refractivity contribution is -0.126. The van der Waals surface area contributed by atoms with E-state index in [-0.39, 0.29) is 5.41 Å². The first kappa shape index (κ1) is 11.6. The molecule has 0 bridgehead atoms. The zero-order chi connectivity index (χ0) is 9.78. The summed E-state index contributed by atoms with van der Waals surface area (Å²) < 4.78 is 0. The van der Waals surface area contributed by atoms with Crippen molar-refractivity contribution in [1.29, 1.82) is 0 Å². The molecule has 0 aliphatic carbocycles. The highest BCUT2D eigenvalue weighted by Crippen LogP contribution is 2.18. The second-order valence-corrected chi connectivity index (χ2v) is 4.44. The summed E-state index contributed by atoms with van der Waals surface area (Å²) in [5.74, 6) is 0.890. The lowest BCUT2D eigenvalue weighted by Gasteiger charge is -2.20. The largest absolute Gasteiger partial charge is 0.329 e. The molecule has 0 saturated heterocycles. The van der Waals surface area contributed by atoms with Crippen molar-refractivity contribution in [2.75, 3.05) is 6.54 Å². The van der Waals surface area contributed by atoms with Gasteiger partial charge in [0.25, 0.3) is 0 Å². The Morgan fingerprint density at radius 1 is 1.42 bits per heavy atom. The van der Waals surface area contributed by atoms with Crippen LogP contribution in [0, 0.1) is 11.3 Å². The summed E-state index contributed by atoms with van der Waals surface area (Å²) in [4.78, 5) is 11.5. The Kier molecular flexibility index (Phi) is 4.46. The Bertz CT molecular complexity index is 150. The van der Waals surface area contributed by atoms with Crippen molar-refractivity contribution < 1.29 is 4.79 Å². The molecule has 0 spiro atoms. The van der Waals surface area contributed by atoms with Crippen LogP contribution in [0.1, 0.15) is 40.5 Å². The molecule has 0 rings (SSSR count). The molecular formula is C10H21NO. The summed E-state index contributed by atoms with van der Waals surface area (Å²) in [6.45, 7) is 8.53. The smallest absolute Gasteiger partial charge is 0.139 e. The summed E-state index contributed by atoms with van der Waals surface area (Å²) in [5, 5.41) is 0. The molecule has 0 saturated carbocycles. The molecule has 0 aliphatic heterocycles. The maximum absolute atomic E-state index is 11.5. The van der Waals surface area contributed by atoms with Crippen LogP contribution in [-0.2, 0) is 4.79 Å². The Morgan fingerprint density at radius 3 is 2.25 bits per heavy atom. The van der Waals surface area contributed by atoms with Crippen molar-refractivity contribution in [2.45, 2.75) is 40.5 Å². The van der Waals surface area contributed by atoms with Crippen molar-refractivity contribution in [3.8, 4) is 0 Å². The van der Waals surface area contributed by atoms with Gasteiger partial charge in [0.05, 0.1) is 0 Å². The van der Waals surface area contributed by atoms with Crippen LogP contribution in [0.2, 0.25) is 0 Å². The van der Waals surface area contributed by atoms with E-state index in [1.807, 2.05) is 13.8 Å². The third-order valence-electron chi connectivity index (χ3n) is 2.21. The maximum Gasteiger partial charge on any atom is 0.139 e. The van der Waals surface area contributed by atoms with E-state index in [1.165, 1.54) is 0 Å². The lowest BCUT2D eigenvalue weighted by Crippen LogP contribution is -2.32. The van der Waals surface area contributed by atoms with Gasteiger partial charge in [-0.3, -0.25) is 4.79 Å². The summed E-state index contributed by atoms with van der Waals surface area (Å²) in [6.07, 6.45) is 1.64. The van der Waals surface area contributed by atoms with Crippen LogP contribution in [0.15, 0.2) is 0 Å². The zero-order valence-electron chi connectivity index (χ0n) is 8.68. The van der Waals surface area contributed by atoms with Gasteiger partial charge in [0.15, 0.2) is 0 Å². The highest BCUT2D eigenvalue weighted by molar-refractivity contribution is 5.84. The molecular weight excluding hydrogens is 150 g/mol. The van der Waals surface area contributed by atoms with E-state index in [0.29, 0.717) is 24.7 Å². The minimum absolute atomic E-state index is 0.290. The zero-order valence-corrected chi connectivity index (χ0v) is 8.68. The third kappa shape index (κ3) is 3.86. The van der Waals surface area contributed by atoms with Gasteiger partial charge in [0, 0.05) is 18.4 Å². The number of rotatable bonds is 5. The van der Waals surface area contributed by atoms with E-state index in [2.05, 4.69) is 13.8 Å². The first-order chi connectivity index (χ1) is 5.40. The molecule has 0 aromatic carbocycles. The average molecular weight is 171 g/mol. The van der Waals surface area contributed by atoms with Crippen LogP contribution >= 0.6 is 0 Å². The van der Waals surface area contributed by atoms with Crippen molar-refractivity contribution in [1.82, 2.24) is 0 Å². The lowest BCUT2D eigenvalue weighted by atomic mass is 9.85. The van der Waals surface area contributed by atoms with Crippen LogP contribution in [0.4, 0.5) is 0 Å². The van der Waals surface area contributed by atoms with Crippen molar-refractivity contribution in [3.63, 3.8) is 0 Å². The highest BCUT2D eigenvalue weighted by atomic mass is 16.1. The fourth-order valence-electron chi connectivity index (χ4n) is 0.872. The summed E-state index contributed by atoms with van der Waals surface area (Å²) in [7, 11) is 0. The minimum Gasteiger partial charge on any atom is -0.329 e. The van der Waals surface area contributed by atoms with Gasteiger partial charge in [-0.25, -0.2) is 0 Å². The Balaban J connectivity index is 3.88. The van der Waals surface area contributed by atoms with E-state index in [1.54, 1.807) is 0 Å². The maximum atomic E-state index is 11.5. The summed E-state index contributed by atoms with van der Waals surface area (Å²) >= 11 is 0. The van der Waals surface area contributed by atoms with Crippen molar-refractivity contribution in [3.05, 3.63) is 0 Å². The van der Waals surface area contributed by atoms with Crippen LogP contribution in [0.5, 0.6) is 0 Å². The molecule has 0 aromatic rings. The molecule has 12 heavy (non-hydrogen) atoms. The van der Waals surface area contributed by atoms with Crippen molar-refractivity contribution >= 4 is 5.78 Å². The molecule has 0 aliphatic rings. The third-order valence-corrected chi connectivity index (χ3v) is 2.21. The van der Waals surface area contributed by atoms with Gasteiger partial charge in [-0.05, 0) is 12.3 Å². The van der Waals surface area contributed by atoms with Gasteiger partial charge in [-0.2, -0.15) is 0 Å². The number of carbonyl (C=O) groups excluding carboxylic acids is 1. The van der Waals surface area contributed by atoms with Gasteiger partial charge < -0.3 is 5.73 Å². The normalized spacial score (nSPS) is 12.2. The highest BCUT2D eigenvalue weighted by Gasteiger charge is 2.24. The van der Waals surface area contributed by atoms with Gasteiger partial charge in [0.2, 0.25) is 0 Å². The number of ketones is 1. The van der Waals surface area contributed by atoms with Crippen LogP contribution in [0.3, 0.4) is 0 Å². The Hall–Kier alpha value is -0.370. The fraction of sp³-hybridized carbons (Fsp3) is 0.900. The van der Waals surface area contributed by atoms with E-state index in [4.69, 9.17) is 5.73 Å². The molecule has 0 unspecified atom stereocenters. The van der Waals surface area contributed by atoms with Gasteiger partial charge in [-0.1, -0.05) is 27.7 Å². The summed E-state index contributed by atoms with van der Waals surface area (Å²) in [6, 6.07) is 0. The SMILES string of the molecule is CC(C)CCC(=O)C(C)(C)CN. The average Bonchev–Trinajstić information content (AvgIpc) is 2.00. The number of hydrogen-bond acceptors (Lipinski definition) is 2. The fourth-order valence-corrected chi connectivity index (χ4v) is 0.872. The van der Waals surface area contributed by atoms with Crippen LogP contribution in [0.25, 0.3) is 0 Å². The molecule has 0 aromatic heterocycles. The topological polar surface area (TPSA) is 43.1 Å². The number of carbonyl (C=O) groups is 1. The second-order valence-electron chi connectivity index (χ2n) is 4.44. The molecule has 2 N–H and O–H groups in total. The molecule has 0 fully saturated rings. The van der Waals surface area contributed by atoms with Crippen LogP contribution < -0.4 is 5.73 Å². The molecule has 0 atom stereocenters. The van der Waals surface area contributed by atoms with E-state index >= 15 is 0 Å². The summed E-state index contributed by atoms with van der Waals surface area (Å²) in [5.41, 5.74) is 5.17. The monoisotopic (exact) mass is 171 g/mol. The standard InChI is InChI=1S/C10H21NO/c1-8(2)5-6-9(12)10(3,4)7-11/h8H,5-7,11H2,1-4H3. The van der Waals surface area contributed by atoms with E-state index < -0.39 is 0 Å². The van der Waals surface area contributed by atoms with E-state index in [9.17, 15) is 4.79 Å². The molecule has 0 heterocycles. The van der Waals surface area contributed by atoms with Gasteiger partial charge in [0.1, 0.15) is 5.78 Å². The Labute approximate surface area is 75.5 Å². The van der Waals surface area contributed by atoms with E-state index in [0.717, 1.165) is 6.42 Å². The van der Waals surface area contributed by atoms with Crippen LogP contribution in [-0.4, -0.2) is 12.3 Å². The predicted octanol–water partition coefficient (Wildman–Crippen LogP) is 1.98. The molecule has 0 amide bonds. The quantitative estimate of drug-likeness (QED) is 0.687. The first-order valence-corrected chi connectivity index (χ1v) is 4.63. The van der Waals surface area contributed by atoms with Crippen molar-refractivity contribution in [2.24, 2.45) is 17.1 Å². The Morgan fingerprint density at radius 2 is 1.92 bits per heavy atom. The van der Waals surface area contributed by atoms with Gasteiger partial charge in [-0.15, -0.1) is 0 Å². The molecule has 2 heteroatoms. The molecule has 0 radical (unpaired) electrons. The number of Topliss-reactive ketones (excluding diaryl/α,β-unsaturated/α-hetero) is 1.